The second-order valence-electron chi connectivity index (χ2n) is 7.65. The van der Waals surface area contributed by atoms with Crippen molar-refractivity contribution < 1.29 is 5.11 Å². The third kappa shape index (κ3) is 8.69. The van der Waals surface area contributed by atoms with E-state index in [2.05, 4.69) is 48.3 Å². The maximum Gasteiger partial charge on any atom is 0.191 e. The van der Waals surface area contributed by atoms with E-state index < -0.39 is 0 Å². The molecular formula is C20H43N5O. The number of aliphatic imine (C=N–C) groups is 1. The quantitative estimate of drug-likeness (QED) is 0.294. The minimum absolute atomic E-state index is 0.120. The van der Waals surface area contributed by atoms with E-state index in [4.69, 9.17) is 4.99 Å². The van der Waals surface area contributed by atoms with Gasteiger partial charge in [-0.1, -0.05) is 13.8 Å². The molecule has 6 heteroatoms. The highest BCUT2D eigenvalue weighted by Crippen LogP contribution is 2.30. The Morgan fingerprint density at radius 3 is 2.50 bits per heavy atom. The molecule has 0 amide bonds. The van der Waals surface area contributed by atoms with Crippen molar-refractivity contribution in [2.75, 3.05) is 66.0 Å². The molecule has 0 aromatic carbocycles. The van der Waals surface area contributed by atoms with E-state index in [9.17, 15) is 5.11 Å². The predicted octanol–water partition coefficient (Wildman–Crippen LogP) is 1.76. The van der Waals surface area contributed by atoms with Crippen LogP contribution in [0.1, 0.15) is 52.9 Å². The molecule has 1 heterocycles. The Kier molecular flexibility index (Phi) is 11.9. The highest BCUT2D eigenvalue weighted by molar-refractivity contribution is 5.79. The average Bonchev–Trinajstić information content (AvgIpc) is 2.86. The Bertz CT molecular complexity index is 384. The normalized spacial score (nSPS) is 18.0. The second kappa shape index (κ2) is 13.3. The van der Waals surface area contributed by atoms with Gasteiger partial charge in [-0.2, -0.15) is 0 Å². The minimum atomic E-state index is 0.120. The molecule has 0 spiro atoms. The number of guanidine groups is 1. The number of aliphatic hydroxyl groups is 1. The van der Waals surface area contributed by atoms with Crippen LogP contribution in [0.15, 0.2) is 4.99 Å². The summed E-state index contributed by atoms with van der Waals surface area (Å²) in [5.41, 5.74) is 0.120. The van der Waals surface area contributed by atoms with Crippen molar-refractivity contribution in [1.29, 1.82) is 0 Å². The van der Waals surface area contributed by atoms with Crippen molar-refractivity contribution in [3.8, 4) is 0 Å². The summed E-state index contributed by atoms with van der Waals surface area (Å²) < 4.78 is 0. The van der Waals surface area contributed by atoms with Crippen molar-refractivity contribution >= 4 is 5.96 Å². The Hall–Kier alpha value is -0.850. The summed E-state index contributed by atoms with van der Waals surface area (Å²) in [5, 5.41) is 16.2. The Morgan fingerprint density at radius 1 is 1.08 bits per heavy atom. The summed E-state index contributed by atoms with van der Waals surface area (Å²) in [6.45, 7) is 15.3. The molecule has 26 heavy (non-hydrogen) atoms. The predicted molar refractivity (Wildman–Crippen MR) is 112 cm³/mol. The Labute approximate surface area is 161 Å². The summed E-state index contributed by atoms with van der Waals surface area (Å²) in [6.07, 6.45) is 5.34. The maximum atomic E-state index is 9.38. The van der Waals surface area contributed by atoms with Crippen molar-refractivity contribution in [3.05, 3.63) is 0 Å². The van der Waals surface area contributed by atoms with Crippen LogP contribution < -0.4 is 10.6 Å². The molecule has 154 valence electrons. The summed E-state index contributed by atoms with van der Waals surface area (Å²) in [6, 6.07) is 0. The zero-order valence-corrected chi connectivity index (χ0v) is 17.7. The number of rotatable bonds is 11. The molecule has 1 aliphatic rings. The smallest absolute Gasteiger partial charge is 0.191 e. The van der Waals surface area contributed by atoms with Gasteiger partial charge in [0, 0.05) is 39.3 Å². The first kappa shape index (κ1) is 23.2. The number of hydrogen-bond acceptors (Lipinski definition) is 4. The average molecular weight is 370 g/mol. The monoisotopic (exact) mass is 369 g/mol. The Balaban J connectivity index is 2.41. The SMILES string of the molecule is CCNC(=NCC(CC)(CC)CCO)NCCCN1CCCN(C)CC1. The number of aliphatic hydroxyl groups excluding tert-OH is 1. The fourth-order valence-corrected chi connectivity index (χ4v) is 3.56. The maximum absolute atomic E-state index is 9.38. The molecule has 6 nitrogen and oxygen atoms in total. The van der Waals surface area contributed by atoms with Crippen LogP contribution in [0.3, 0.4) is 0 Å². The minimum Gasteiger partial charge on any atom is -0.396 e. The summed E-state index contributed by atoms with van der Waals surface area (Å²) >= 11 is 0. The molecule has 0 aromatic rings. The van der Waals surface area contributed by atoms with Crippen LogP contribution in [0.2, 0.25) is 0 Å². The van der Waals surface area contributed by atoms with Gasteiger partial charge in [0.15, 0.2) is 5.96 Å². The molecule has 0 unspecified atom stereocenters. The summed E-state index contributed by atoms with van der Waals surface area (Å²) in [4.78, 5) is 9.82. The van der Waals surface area contributed by atoms with Gasteiger partial charge >= 0.3 is 0 Å². The van der Waals surface area contributed by atoms with Gasteiger partial charge in [-0.3, -0.25) is 4.99 Å². The van der Waals surface area contributed by atoms with Gasteiger partial charge in [-0.15, -0.1) is 0 Å². The van der Waals surface area contributed by atoms with Gasteiger partial charge in [-0.05, 0) is 71.1 Å². The number of nitrogens with one attached hydrogen (secondary N) is 2. The van der Waals surface area contributed by atoms with Gasteiger partial charge in [0.25, 0.3) is 0 Å². The lowest BCUT2D eigenvalue weighted by Crippen LogP contribution is -2.40. The summed E-state index contributed by atoms with van der Waals surface area (Å²) in [5.74, 6) is 0.910. The van der Waals surface area contributed by atoms with Gasteiger partial charge < -0.3 is 25.5 Å². The number of hydrogen-bond donors (Lipinski definition) is 3. The van der Waals surface area contributed by atoms with Crippen molar-refractivity contribution in [3.63, 3.8) is 0 Å². The van der Waals surface area contributed by atoms with E-state index in [0.29, 0.717) is 0 Å². The van der Waals surface area contributed by atoms with E-state index in [0.717, 1.165) is 57.8 Å². The van der Waals surface area contributed by atoms with E-state index in [-0.39, 0.29) is 12.0 Å². The molecule has 3 N–H and O–H groups in total. The molecule has 1 fully saturated rings. The highest BCUT2D eigenvalue weighted by Gasteiger charge is 2.25. The lowest BCUT2D eigenvalue weighted by molar-refractivity contribution is 0.175. The molecular weight excluding hydrogens is 326 g/mol. The van der Waals surface area contributed by atoms with Crippen LogP contribution >= 0.6 is 0 Å². The van der Waals surface area contributed by atoms with Crippen LogP contribution in [0, 0.1) is 5.41 Å². The Morgan fingerprint density at radius 2 is 1.85 bits per heavy atom. The van der Waals surface area contributed by atoms with E-state index >= 15 is 0 Å². The van der Waals surface area contributed by atoms with E-state index in [1.807, 2.05) is 0 Å². The molecule has 1 rings (SSSR count). The third-order valence-electron chi connectivity index (χ3n) is 5.81. The van der Waals surface area contributed by atoms with Crippen molar-refractivity contribution in [2.45, 2.75) is 52.9 Å². The fraction of sp³-hybridized carbons (Fsp3) is 0.950. The zero-order valence-electron chi connectivity index (χ0n) is 17.7. The first-order chi connectivity index (χ1) is 12.6. The topological polar surface area (TPSA) is 63.1 Å². The third-order valence-corrected chi connectivity index (χ3v) is 5.81. The number of nitrogens with zero attached hydrogens (tertiary/aromatic N) is 3. The molecule has 0 bridgehead atoms. The molecule has 1 saturated heterocycles. The van der Waals surface area contributed by atoms with Gasteiger partial charge in [-0.25, -0.2) is 0 Å². The largest absolute Gasteiger partial charge is 0.396 e. The molecule has 0 aromatic heterocycles. The molecule has 0 aliphatic carbocycles. The van der Waals surface area contributed by atoms with Gasteiger partial charge in [0.2, 0.25) is 0 Å². The first-order valence-corrected chi connectivity index (χ1v) is 10.6. The number of likely N-dealkylation sites (N-methyl/N-ethyl adjacent to an activating group) is 1. The highest BCUT2D eigenvalue weighted by atomic mass is 16.3. The van der Waals surface area contributed by atoms with Crippen LogP contribution in [0.4, 0.5) is 0 Å². The standard InChI is InChI=1S/C20H43N5O/c1-5-20(6-2,10-17-26)18-23-19(21-7-3)22-11-8-13-25-14-9-12-24(4)15-16-25/h26H,5-18H2,1-4H3,(H2,21,22,23). The zero-order chi connectivity index (χ0) is 19.3. The van der Waals surface area contributed by atoms with E-state index in [1.165, 1.54) is 32.6 Å². The lowest BCUT2D eigenvalue weighted by Gasteiger charge is -2.29. The first-order valence-electron chi connectivity index (χ1n) is 10.6. The molecule has 1 aliphatic heterocycles. The fourth-order valence-electron chi connectivity index (χ4n) is 3.56. The van der Waals surface area contributed by atoms with Crippen LogP contribution in [0.5, 0.6) is 0 Å². The lowest BCUT2D eigenvalue weighted by atomic mass is 9.79. The van der Waals surface area contributed by atoms with Gasteiger partial charge in [0.05, 0.1) is 0 Å². The van der Waals surface area contributed by atoms with E-state index in [1.54, 1.807) is 0 Å². The van der Waals surface area contributed by atoms with Crippen LogP contribution in [-0.4, -0.2) is 86.9 Å². The molecule has 0 radical (unpaired) electrons. The molecule has 0 atom stereocenters. The molecule has 0 saturated carbocycles. The summed E-state index contributed by atoms with van der Waals surface area (Å²) in [7, 11) is 2.22. The van der Waals surface area contributed by atoms with Crippen molar-refractivity contribution in [1.82, 2.24) is 20.4 Å². The van der Waals surface area contributed by atoms with Crippen molar-refractivity contribution in [2.24, 2.45) is 10.4 Å². The van der Waals surface area contributed by atoms with Gasteiger partial charge in [0.1, 0.15) is 0 Å². The van der Waals surface area contributed by atoms with Crippen LogP contribution in [0.25, 0.3) is 0 Å². The van der Waals surface area contributed by atoms with Crippen LogP contribution in [-0.2, 0) is 0 Å². The second-order valence-corrected chi connectivity index (χ2v) is 7.65.